The third-order valence-corrected chi connectivity index (χ3v) is 4.12. The molecule has 0 aliphatic rings. The number of nitrogens with two attached hydrogens (primary N) is 1. The van der Waals surface area contributed by atoms with Crippen molar-refractivity contribution in [1.82, 2.24) is 5.32 Å². The van der Waals surface area contributed by atoms with Gasteiger partial charge in [0.05, 0.1) is 6.04 Å². The van der Waals surface area contributed by atoms with E-state index < -0.39 is 6.04 Å². The summed E-state index contributed by atoms with van der Waals surface area (Å²) in [5.41, 5.74) is 8.24. The summed E-state index contributed by atoms with van der Waals surface area (Å²) >= 11 is 1.71. The number of carbonyl (C=O) groups is 1. The molecule has 0 aliphatic carbocycles. The maximum Gasteiger partial charge on any atom is 0.236 e. The van der Waals surface area contributed by atoms with Gasteiger partial charge in [0.1, 0.15) is 0 Å². The van der Waals surface area contributed by atoms with E-state index in [9.17, 15) is 4.79 Å². The van der Waals surface area contributed by atoms with E-state index in [4.69, 9.17) is 5.73 Å². The topological polar surface area (TPSA) is 55.1 Å². The SMILES string of the molecule is CSCC[C@H](N)C(=O)NCC(C)(C)c1cccc(C)c1. The second-order valence-electron chi connectivity index (χ2n) is 5.86. The van der Waals surface area contributed by atoms with Gasteiger partial charge in [-0.1, -0.05) is 43.7 Å². The van der Waals surface area contributed by atoms with Crippen LogP contribution in [0.15, 0.2) is 24.3 Å². The van der Waals surface area contributed by atoms with E-state index >= 15 is 0 Å². The fourth-order valence-electron chi connectivity index (χ4n) is 1.98. The van der Waals surface area contributed by atoms with Crippen LogP contribution in [0, 0.1) is 6.92 Å². The molecular formula is C16H26N2OS. The Bertz CT molecular complexity index is 446. The molecule has 1 atom stereocenters. The molecular weight excluding hydrogens is 268 g/mol. The Morgan fingerprint density at radius 3 is 2.75 bits per heavy atom. The zero-order valence-corrected chi connectivity index (χ0v) is 13.7. The van der Waals surface area contributed by atoms with Crippen LogP contribution in [0.5, 0.6) is 0 Å². The minimum atomic E-state index is -0.407. The predicted molar refractivity (Wildman–Crippen MR) is 88.2 cm³/mol. The minimum absolute atomic E-state index is 0.0558. The lowest BCUT2D eigenvalue weighted by molar-refractivity contribution is -0.122. The summed E-state index contributed by atoms with van der Waals surface area (Å²) in [5.74, 6) is 0.857. The molecule has 0 aliphatic heterocycles. The van der Waals surface area contributed by atoms with Crippen molar-refractivity contribution in [3.63, 3.8) is 0 Å². The molecule has 0 spiro atoms. The van der Waals surface area contributed by atoms with E-state index in [1.54, 1.807) is 11.8 Å². The summed E-state index contributed by atoms with van der Waals surface area (Å²) in [6.45, 7) is 6.95. The van der Waals surface area contributed by atoms with Gasteiger partial charge in [0.2, 0.25) is 5.91 Å². The zero-order chi connectivity index (χ0) is 15.2. The minimum Gasteiger partial charge on any atom is -0.354 e. The lowest BCUT2D eigenvalue weighted by Crippen LogP contribution is -2.45. The molecule has 3 N–H and O–H groups in total. The van der Waals surface area contributed by atoms with Crippen LogP contribution >= 0.6 is 11.8 Å². The average Bonchev–Trinajstić information content (AvgIpc) is 2.42. The molecule has 1 rings (SSSR count). The Labute approximate surface area is 126 Å². The molecule has 3 nitrogen and oxygen atoms in total. The number of hydrogen-bond donors (Lipinski definition) is 2. The first kappa shape index (κ1) is 17.1. The van der Waals surface area contributed by atoms with Crippen molar-refractivity contribution in [3.8, 4) is 0 Å². The Morgan fingerprint density at radius 2 is 2.15 bits per heavy atom. The predicted octanol–water partition coefficient (Wildman–Crippen LogP) is 2.47. The number of hydrogen-bond acceptors (Lipinski definition) is 3. The van der Waals surface area contributed by atoms with E-state index in [-0.39, 0.29) is 11.3 Å². The number of amides is 1. The van der Waals surface area contributed by atoms with Gasteiger partial charge in [-0.2, -0.15) is 11.8 Å². The highest BCUT2D eigenvalue weighted by atomic mass is 32.2. The van der Waals surface area contributed by atoms with Crippen LogP contribution in [0.1, 0.15) is 31.4 Å². The van der Waals surface area contributed by atoms with Gasteiger partial charge in [-0.3, -0.25) is 4.79 Å². The molecule has 20 heavy (non-hydrogen) atoms. The van der Waals surface area contributed by atoms with Crippen molar-refractivity contribution in [1.29, 1.82) is 0 Å². The fraction of sp³-hybridized carbons (Fsp3) is 0.562. The lowest BCUT2D eigenvalue weighted by Gasteiger charge is -2.27. The summed E-state index contributed by atoms with van der Waals surface area (Å²) in [6, 6.07) is 8.00. The van der Waals surface area contributed by atoms with E-state index in [1.165, 1.54) is 11.1 Å². The Balaban J connectivity index is 2.57. The lowest BCUT2D eigenvalue weighted by atomic mass is 9.84. The van der Waals surface area contributed by atoms with Gasteiger partial charge in [-0.25, -0.2) is 0 Å². The van der Waals surface area contributed by atoms with Crippen LogP contribution in [0.2, 0.25) is 0 Å². The summed E-state index contributed by atoms with van der Waals surface area (Å²) in [6.07, 6.45) is 2.74. The number of thioether (sulfide) groups is 1. The molecule has 0 fully saturated rings. The van der Waals surface area contributed by atoms with E-state index in [1.807, 2.05) is 6.26 Å². The standard InChI is InChI=1S/C16H26N2OS/c1-12-6-5-7-13(10-12)16(2,3)11-18-15(19)14(17)8-9-20-4/h5-7,10,14H,8-9,11,17H2,1-4H3,(H,18,19)/t14-/m0/s1. The van der Waals surface area contributed by atoms with Crippen LogP contribution in [-0.2, 0) is 10.2 Å². The van der Waals surface area contributed by atoms with Crippen LogP contribution in [0.4, 0.5) is 0 Å². The van der Waals surface area contributed by atoms with Gasteiger partial charge in [-0.15, -0.1) is 0 Å². The number of carbonyl (C=O) groups excluding carboxylic acids is 1. The summed E-state index contributed by atoms with van der Waals surface area (Å²) in [5, 5.41) is 2.98. The van der Waals surface area contributed by atoms with Crippen molar-refractivity contribution in [2.75, 3.05) is 18.6 Å². The van der Waals surface area contributed by atoms with Crippen LogP contribution < -0.4 is 11.1 Å². The first-order valence-corrected chi connectivity index (χ1v) is 8.35. The third kappa shape index (κ3) is 5.17. The molecule has 0 saturated carbocycles. The molecule has 4 heteroatoms. The molecule has 0 heterocycles. The fourth-order valence-corrected chi connectivity index (χ4v) is 2.47. The van der Waals surface area contributed by atoms with Crippen molar-refractivity contribution in [2.24, 2.45) is 5.73 Å². The molecule has 112 valence electrons. The van der Waals surface area contributed by atoms with Crippen LogP contribution in [-0.4, -0.2) is 30.5 Å². The number of aryl methyl sites for hydroxylation is 1. The molecule has 1 aromatic rings. The number of benzene rings is 1. The van der Waals surface area contributed by atoms with Gasteiger partial charge in [0.15, 0.2) is 0 Å². The largest absolute Gasteiger partial charge is 0.354 e. The van der Waals surface area contributed by atoms with Crippen molar-refractivity contribution >= 4 is 17.7 Å². The van der Waals surface area contributed by atoms with Gasteiger partial charge in [0.25, 0.3) is 0 Å². The van der Waals surface area contributed by atoms with Gasteiger partial charge in [-0.05, 0) is 30.9 Å². The van der Waals surface area contributed by atoms with Crippen LogP contribution in [0.25, 0.3) is 0 Å². The normalized spacial score (nSPS) is 13.1. The quantitative estimate of drug-likeness (QED) is 0.812. The van der Waals surface area contributed by atoms with Gasteiger partial charge in [0, 0.05) is 12.0 Å². The molecule has 0 radical (unpaired) electrons. The first-order valence-electron chi connectivity index (χ1n) is 6.96. The molecule has 1 amide bonds. The maximum absolute atomic E-state index is 11.9. The second kappa shape index (κ2) is 7.70. The highest BCUT2D eigenvalue weighted by Gasteiger charge is 2.23. The third-order valence-electron chi connectivity index (χ3n) is 3.47. The summed E-state index contributed by atoms with van der Waals surface area (Å²) in [4.78, 5) is 11.9. The van der Waals surface area contributed by atoms with Crippen molar-refractivity contribution < 1.29 is 4.79 Å². The summed E-state index contributed by atoms with van der Waals surface area (Å²) < 4.78 is 0. The Kier molecular flexibility index (Phi) is 6.56. The molecule has 0 saturated heterocycles. The first-order chi connectivity index (χ1) is 9.36. The van der Waals surface area contributed by atoms with Crippen LogP contribution in [0.3, 0.4) is 0 Å². The number of nitrogens with one attached hydrogen (secondary N) is 1. The van der Waals surface area contributed by atoms with Gasteiger partial charge >= 0.3 is 0 Å². The molecule has 1 aromatic carbocycles. The molecule has 0 aromatic heterocycles. The van der Waals surface area contributed by atoms with Crippen molar-refractivity contribution in [3.05, 3.63) is 35.4 Å². The second-order valence-corrected chi connectivity index (χ2v) is 6.84. The Morgan fingerprint density at radius 1 is 1.45 bits per heavy atom. The molecule has 0 bridgehead atoms. The van der Waals surface area contributed by atoms with Crippen molar-refractivity contribution in [2.45, 2.75) is 38.6 Å². The Hall–Kier alpha value is -1.00. The average molecular weight is 294 g/mol. The number of rotatable bonds is 7. The maximum atomic E-state index is 11.9. The van der Waals surface area contributed by atoms with Gasteiger partial charge < -0.3 is 11.1 Å². The zero-order valence-electron chi connectivity index (χ0n) is 12.9. The summed E-state index contributed by atoms with van der Waals surface area (Å²) in [7, 11) is 0. The monoisotopic (exact) mass is 294 g/mol. The molecule has 0 unspecified atom stereocenters. The highest BCUT2D eigenvalue weighted by Crippen LogP contribution is 2.23. The van der Waals surface area contributed by atoms with E-state index in [2.05, 4.69) is 50.4 Å². The van der Waals surface area contributed by atoms with E-state index in [0.29, 0.717) is 6.54 Å². The smallest absolute Gasteiger partial charge is 0.236 e. The highest BCUT2D eigenvalue weighted by molar-refractivity contribution is 7.98. The van der Waals surface area contributed by atoms with E-state index in [0.717, 1.165) is 12.2 Å².